The summed E-state index contributed by atoms with van der Waals surface area (Å²) in [6.07, 6.45) is 10.5. The highest BCUT2D eigenvalue weighted by Gasteiger charge is 2.27. The molecule has 0 radical (unpaired) electrons. The minimum absolute atomic E-state index is 0.346. The van der Waals surface area contributed by atoms with Crippen LogP contribution in [0.4, 0.5) is 0 Å². The second-order valence-corrected chi connectivity index (χ2v) is 6.29. The number of Topliss-reactive ketones (excluding diaryl/α,β-unsaturated/α-hetero) is 1. The monoisotopic (exact) mass is 256 g/mol. The smallest absolute Gasteiger partial charge is 0.135 e. The Morgan fingerprint density at radius 1 is 0.895 bits per heavy atom. The molecule has 0 heterocycles. The molecule has 2 unspecified atom stereocenters. The fraction of sp³-hybridized carbons (Fsp3) is 0.611. The summed E-state index contributed by atoms with van der Waals surface area (Å²) in [5.41, 5.74) is 3.06. The molecule has 1 saturated carbocycles. The fourth-order valence-corrected chi connectivity index (χ4v) is 3.92. The quantitative estimate of drug-likeness (QED) is 0.704. The number of hydrogen-bond donors (Lipinski definition) is 0. The first-order chi connectivity index (χ1) is 9.34. The van der Waals surface area contributed by atoms with Gasteiger partial charge in [0.1, 0.15) is 5.78 Å². The summed E-state index contributed by atoms with van der Waals surface area (Å²) < 4.78 is 0. The van der Waals surface area contributed by atoms with E-state index in [1.54, 1.807) is 0 Å². The van der Waals surface area contributed by atoms with Gasteiger partial charge >= 0.3 is 0 Å². The number of rotatable bonds is 2. The van der Waals surface area contributed by atoms with Crippen molar-refractivity contribution in [3.8, 4) is 0 Å². The molecule has 2 atom stereocenters. The van der Waals surface area contributed by atoms with Crippen molar-refractivity contribution in [1.29, 1.82) is 0 Å². The maximum absolute atomic E-state index is 12.2. The number of carbonyl (C=O) groups excluding carboxylic acids is 1. The van der Waals surface area contributed by atoms with Gasteiger partial charge in [0.25, 0.3) is 0 Å². The van der Waals surface area contributed by atoms with Gasteiger partial charge in [-0.05, 0) is 55.6 Å². The summed E-state index contributed by atoms with van der Waals surface area (Å²) in [5.74, 6) is 1.52. The summed E-state index contributed by atoms with van der Waals surface area (Å²) in [5, 5.41) is 0. The molecule has 0 aliphatic heterocycles. The first-order valence-electron chi connectivity index (χ1n) is 7.95. The van der Waals surface area contributed by atoms with Crippen LogP contribution in [-0.4, -0.2) is 5.78 Å². The van der Waals surface area contributed by atoms with E-state index < -0.39 is 0 Å². The Kier molecular flexibility index (Phi) is 4.00. The van der Waals surface area contributed by atoms with E-state index in [0.29, 0.717) is 17.6 Å². The molecule has 1 nitrogen and oxygen atoms in total. The molecule has 0 aromatic heterocycles. The van der Waals surface area contributed by atoms with E-state index in [2.05, 4.69) is 24.3 Å². The van der Waals surface area contributed by atoms with Gasteiger partial charge in [-0.1, -0.05) is 37.1 Å². The Morgan fingerprint density at radius 3 is 2.68 bits per heavy atom. The van der Waals surface area contributed by atoms with Gasteiger partial charge in [0, 0.05) is 12.3 Å². The number of benzene rings is 1. The second kappa shape index (κ2) is 5.90. The van der Waals surface area contributed by atoms with Crippen LogP contribution < -0.4 is 0 Å². The topological polar surface area (TPSA) is 17.1 Å². The molecule has 1 aromatic carbocycles. The SMILES string of the molecule is O=C1CCCCCC1CC1CCCc2ccccc21. The Bertz CT molecular complexity index is 449. The molecule has 102 valence electrons. The zero-order chi connectivity index (χ0) is 13.1. The third-order valence-corrected chi connectivity index (χ3v) is 4.99. The lowest BCUT2D eigenvalue weighted by Crippen LogP contribution is -2.19. The maximum atomic E-state index is 12.2. The number of aryl methyl sites for hydroxylation is 1. The molecule has 2 aliphatic rings. The van der Waals surface area contributed by atoms with Crippen LogP contribution in [0.25, 0.3) is 0 Å². The lowest BCUT2D eigenvalue weighted by molar-refractivity contribution is -0.123. The number of ketones is 1. The zero-order valence-electron chi connectivity index (χ0n) is 11.7. The lowest BCUT2D eigenvalue weighted by Gasteiger charge is -2.28. The molecular weight excluding hydrogens is 232 g/mol. The minimum atomic E-state index is 0.346. The molecule has 0 amide bonds. The highest BCUT2D eigenvalue weighted by atomic mass is 16.1. The average molecular weight is 256 g/mol. The molecular formula is C18H24O. The van der Waals surface area contributed by atoms with Crippen LogP contribution in [0.15, 0.2) is 24.3 Å². The van der Waals surface area contributed by atoms with E-state index in [4.69, 9.17) is 0 Å². The van der Waals surface area contributed by atoms with E-state index >= 15 is 0 Å². The Labute approximate surface area is 116 Å². The van der Waals surface area contributed by atoms with Gasteiger partial charge in [0.05, 0.1) is 0 Å². The highest BCUT2D eigenvalue weighted by molar-refractivity contribution is 5.81. The predicted octanol–water partition coefficient (Wildman–Crippen LogP) is 4.65. The zero-order valence-corrected chi connectivity index (χ0v) is 11.7. The van der Waals surface area contributed by atoms with Crippen molar-refractivity contribution in [2.75, 3.05) is 0 Å². The van der Waals surface area contributed by atoms with Crippen LogP contribution in [-0.2, 0) is 11.2 Å². The Morgan fingerprint density at radius 2 is 1.74 bits per heavy atom. The number of hydrogen-bond acceptors (Lipinski definition) is 1. The summed E-state index contributed by atoms with van der Waals surface area (Å²) in [4.78, 5) is 12.2. The first kappa shape index (κ1) is 12.9. The molecule has 1 aromatic rings. The molecule has 2 aliphatic carbocycles. The van der Waals surface area contributed by atoms with Crippen molar-refractivity contribution < 1.29 is 4.79 Å². The van der Waals surface area contributed by atoms with Crippen molar-refractivity contribution in [3.05, 3.63) is 35.4 Å². The van der Waals surface area contributed by atoms with Gasteiger partial charge in [-0.15, -0.1) is 0 Å². The van der Waals surface area contributed by atoms with Crippen LogP contribution in [0.2, 0.25) is 0 Å². The summed E-state index contributed by atoms with van der Waals surface area (Å²) >= 11 is 0. The van der Waals surface area contributed by atoms with E-state index in [1.807, 2.05) is 0 Å². The van der Waals surface area contributed by atoms with Crippen molar-refractivity contribution in [3.63, 3.8) is 0 Å². The third-order valence-electron chi connectivity index (χ3n) is 4.99. The average Bonchev–Trinajstić information content (AvgIpc) is 2.65. The van der Waals surface area contributed by atoms with Crippen LogP contribution in [0.1, 0.15) is 68.4 Å². The fourth-order valence-electron chi connectivity index (χ4n) is 3.92. The van der Waals surface area contributed by atoms with E-state index in [-0.39, 0.29) is 0 Å². The highest BCUT2D eigenvalue weighted by Crippen LogP contribution is 2.38. The van der Waals surface area contributed by atoms with Crippen molar-refractivity contribution in [2.24, 2.45) is 5.92 Å². The molecule has 1 fully saturated rings. The Hall–Kier alpha value is -1.11. The summed E-state index contributed by atoms with van der Waals surface area (Å²) in [6, 6.07) is 8.88. The van der Waals surface area contributed by atoms with Crippen molar-refractivity contribution in [2.45, 2.75) is 63.7 Å². The van der Waals surface area contributed by atoms with Gasteiger partial charge in [-0.25, -0.2) is 0 Å². The lowest BCUT2D eigenvalue weighted by atomic mass is 9.76. The van der Waals surface area contributed by atoms with Gasteiger partial charge in [0.15, 0.2) is 0 Å². The van der Waals surface area contributed by atoms with Gasteiger partial charge < -0.3 is 0 Å². The predicted molar refractivity (Wildman–Crippen MR) is 78.3 cm³/mol. The molecule has 0 saturated heterocycles. The summed E-state index contributed by atoms with van der Waals surface area (Å²) in [7, 11) is 0. The first-order valence-corrected chi connectivity index (χ1v) is 7.95. The minimum Gasteiger partial charge on any atom is -0.299 e. The second-order valence-electron chi connectivity index (χ2n) is 6.29. The van der Waals surface area contributed by atoms with Crippen LogP contribution in [0, 0.1) is 5.92 Å². The molecule has 3 rings (SSSR count). The van der Waals surface area contributed by atoms with Gasteiger partial charge in [-0.2, -0.15) is 0 Å². The van der Waals surface area contributed by atoms with Crippen LogP contribution in [0.5, 0.6) is 0 Å². The molecule has 0 bridgehead atoms. The van der Waals surface area contributed by atoms with Gasteiger partial charge in [0.2, 0.25) is 0 Å². The molecule has 1 heteroatoms. The number of carbonyl (C=O) groups is 1. The van der Waals surface area contributed by atoms with E-state index in [1.165, 1.54) is 43.2 Å². The Balaban J connectivity index is 1.75. The maximum Gasteiger partial charge on any atom is 0.135 e. The largest absolute Gasteiger partial charge is 0.299 e. The van der Waals surface area contributed by atoms with Crippen LogP contribution in [0.3, 0.4) is 0 Å². The molecule has 0 N–H and O–H groups in total. The summed E-state index contributed by atoms with van der Waals surface area (Å²) in [6.45, 7) is 0. The van der Waals surface area contributed by atoms with Gasteiger partial charge in [-0.3, -0.25) is 4.79 Å². The molecule has 19 heavy (non-hydrogen) atoms. The molecule has 0 spiro atoms. The van der Waals surface area contributed by atoms with Crippen LogP contribution >= 0.6 is 0 Å². The standard InChI is InChI=1S/C18H24O/c19-18-12-3-1-2-8-16(18)13-15-10-6-9-14-7-4-5-11-17(14)15/h4-5,7,11,15-16H,1-3,6,8-10,12-13H2. The van der Waals surface area contributed by atoms with E-state index in [9.17, 15) is 4.79 Å². The normalized spacial score (nSPS) is 27.7. The van der Waals surface area contributed by atoms with Crippen molar-refractivity contribution in [1.82, 2.24) is 0 Å². The van der Waals surface area contributed by atoms with Crippen molar-refractivity contribution >= 4 is 5.78 Å². The third kappa shape index (κ3) is 2.91. The van der Waals surface area contributed by atoms with E-state index in [0.717, 1.165) is 25.7 Å². The number of fused-ring (bicyclic) bond motifs is 1.